The normalized spacial score (nSPS) is 22.1. The number of nitrogens with zero attached hydrogens (tertiary/aromatic N) is 2. The van der Waals surface area contributed by atoms with Crippen LogP contribution in [0.15, 0.2) is 66.7 Å². The minimum absolute atomic E-state index is 0.194. The Balaban J connectivity index is 1.41. The summed E-state index contributed by atoms with van der Waals surface area (Å²) in [6.45, 7) is 2.86. The fourth-order valence-electron chi connectivity index (χ4n) is 5.08. The van der Waals surface area contributed by atoms with E-state index in [1.54, 1.807) is 18.2 Å². The van der Waals surface area contributed by atoms with Gasteiger partial charge in [-0.15, -0.1) is 0 Å². The standard InChI is InChI=1S/C27H25F5N2O2/c1-25(33-13-11-26(35,12-14-33)18-3-2-4-19(15-18)27(30,31)32)17-34(22-8-5-20(28)6-9-22)23-10-7-21(29)16-24(23)36-25/h2-10,15-16,35H,11-14,17H2,1H3. The molecule has 0 radical (unpaired) electrons. The van der Waals surface area contributed by atoms with Crippen molar-refractivity contribution in [2.75, 3.05) is 24.5 Å². The van der Waals surface area contributed by atoms with E-state index in [0.717, 1.165) is 12.1 Å². The van der Waals surface area contributed by atoms with Gasteiger partial charge in [0.25, 0.3) is 0 Å². The summed E-state index contributed by atoms with van der Waals surface area (Å²) in [6, 6.07) is 15.0. The zero-order chi connectivity index (χ0) is 25.7. The molecule has 1 fully saturated rings. The molecule has 1 unspecified atom stereocenters. The Kier molecular flexibility index (Phi) is 5.95. The van der Waals surface area contributed by atoms with E-state index in [4.69, 9.17) is 4.74 Å². The molecule has 2 aliphatic rings. The molecule has 3 aromatic carbocycles. The van der Waals surface area contributed by atoms with Gasteiger partial charge in [0.05, 0.1) is 23.4 Å². The van der Waals surface area contributed by atoms with E-state index in [-0.39, 0.29) is 24.2 Å². The lowest BCUT2D eigenvalue weighted by molar-refractivity contribution is -0.138. The summed E-state index contributed by atoms with van der Waals surface area (Å²) in [5, 5.41) is 11.3. The summed E-state index contributed by atoms with van der Waals surface area (Å²) in [5.41, 5.74) is -1.58. The second-order valence-corrected chi connectivity index (χ2v) is 9.55. The number of hydrogen-bond donors (Lipinski definition) is 1. The molecule has 36 heavy (non-hydrogen) atoms. The fraction of sp³-hybridized carbons (Fsp3) is 0.333. The maximum Gasteiger partial charge on any atom is 0.416 e. The minimum Gasteiger partial charge on any atom is -0.469 e. The van der Waals surface area contributed by atoms with Crippen LogP contribution >= 0.6 is 0 Å². The van der Waals surface area contributed by atoms with Gasteiger partial charge in [-0.2, -0.15) is 13.2 Å². The molecule has 0 saturated carbocycles. The van der Waals surface area contributed by atoms with Crippen LogP contribution in [0.5, 0.6) is 5.75 Å². The lowest BCUT2D eigenvalue weighted by Gasteiger charge is -2.51. The van der Waals surface area contributed by atoms with Crippen LogP contribution in [-0.2, 0) is 11.8 Å². The Morgan fingerprint density at radius 2 is 1.56 bits per heavy atom. The summed E-state index contributed by atoms with van der Waals surface area (Å²) >= 11 is 0. The van der Waals surface area contributed by atoms with Gasteiger partial charge >= 0.3 is 6.18 Å². The van der Waals surface area contributed by atoms with Crippen molar-refractivity contribution in [2.45, 2.75) is 37.3 Å². The van der Waals surface area contributed by atoms with Gasteiger partial charge in [-0.3, -0.25) is 4.90 Å². The van der Waals surface area contributed by atoms with Gasteiger partial charge < -0.3 is 14.7 Å². The predicted octanol–water partition coefficient (Wildman–Crippen LogP) is 6.21. The lowest BCUT2D eigenvalue weighted by Crippen LogP contribution is -2.62. The SMILES string of the molecule is CC1(N2CCC(O)(c3cccc(C(F)(F)F)c3)CC2)CN(c2ccc(F)cc2)c2ccc(F)cc2O1. The highest BCUT2D eigenvalue weighted by Crippen LogP contribution is 2.45. The summed E-state index contributed by atoms with van der Waals surface area (Å²) < 4.78 is 73.6. The molecule has 9 heteroatoms. The van der Waals surface area contributed by atoms with Crippen molar-refractivity contribution in [3.8, 4) is 5.75 Å². The Hall–Kier alpha value is -3.17. The number of fused-ring (bicyclic) bond motifs is 1. The van der Waals surface area contributed by atoms with E-state index < -0.39 is 28.9 Å². The average Bonchev–Trinajstić information content (AvgIpc) is 2.84. The third-order valence-corrected chi connectivity index (χ3v) is 7.12. The molecule has 0 aromatic heterocycles. The first kappa shape index (κ1) is 24.5. The molecule has 1 atom stereocenters. The first-order chi connectivity index (χ1) is 17.0. The van der Waals surface area contributed by atoms with Gasteiger partial charge in [-0.1, -0.05) is 12.1 Å². The van der Waals surface area contributed by atoms with E-state index in [1.165, 1.54) is 36.4 Å². The van der Waals surface area contributed by atoms with E-state index in [2.05, 4.69) is 0 Å². The number of anilines is 2. The third kappa shape index (κ3) is 4.53. The van der Waals surface area contributed by atoms with Gasteiger partial charge in [-0.25, -0.2) is 8.78 Å². The van der Waals surface area contributed by atoms with Crippen molar-refractivity contribution in [1.29, 1.82) is 0 Å². The maximum absolute atomic E-state index is 14.1. The van der Waals surface area contributed by atoms with Gasteiger partial charge in [0.15, 0.2) is 5.72 Å². The van der Waals surface area contributed by atoms with Gasteiger partial charge in [0, 0.05) is 24.8 Å². The summed E-state index contributed by atoms with van der Waals surface area (Å²) in [7, 11) is 0. The quantitative estimate of drug-likeness (QED) is 0.430. The zero-order valence-corrected chi connectivity index (χ0v) is 19.5. The minimum atomic E-state index is -4.50. The number of rotatable bonds is 3. The Morgan fingerprint density at radius 1 is 0.889 bits per heavy atom. The smallest absolute Gasteiger partial charge is 0.416 e. The molecule has 4 nitrogen and oxygen atoms in total. The van der Waals surface area contributed by atoms with Crippen molar-refractivity contribution < 1.29 is 31.8 Å². The zero-order valence-electron chi connectivity index (χ0n) is 19.5. The molecule has 1 N–H and O–H groups in total. The molecular weight excluding hydrogens is 479 g/mol. The van der Waals surface area contributed by atoms with Crippen molar-refractivity contribution >= 4 is 11.4 Å². The monoisotopic (exact) mass is 504 g/mol. The summed E-state index contributed by atoms with van der Waals surface area (Å²) in [4.78, 5) is 3.92. The van der Waals surface area contributed by atoms with Gasteiger partial charge in [0.1, 0.15) is 17.4 Å². The molecular formula is C27H25F5N2O2. The molecule has 0 spiro atoms. The number of benzene rings is 3. The van der Waals surface area contributed by atoms with E-state index in [9.17, 15) is 27.1 Å². The van der Waals surface area contributed by atoms with Crippen LogP contribution in [0.2, 0.25) is 0 Å². The number of likely N-dealkylation sites (tertiary alicyclic amines) is 1. The van der Waals surface area contributed by atoms with E-state index in [0.29, 0.717) is 36.8 Å². The van der Waals surface area contributed by atoms with E-state index in [1.807, 2.05) is 16.7 Å². The van der Waals surface area contributed by atoms with E-state index >= 15 is 0 Å². The van der Waals surface area contributed by atoms with Gasteiger partial charge in [-0.05, 0) is 73.9 Å². The second-order valence-electron chi connectivity index (χ2n) is 9.55. The lowest BCUT2D eigenvalue weighted by atomic mass is 9.83. The van der Waals surface area contributed by atoms with Crippen LogP contribution < -0.4 is 9.64 Å². The van der Waals surface area contributed by atoms with Crippen molar-refractivity contribution in [3.63, 3.8) is 0 Å². The largest absolute Gasteiger partial charge is 0.469 e. The molecule has 190 valence electrons. The third-order valence-electron chi connectivity index (χ3n) is 7.12. The average molecular weight is 504 g/mol. The highest BCUT2D eigenvalue weighted by Gasteiger charge is 2.46. The predicted molar refractivity (Wildman–Crippen MR) is 125 cm³/mol. The summed E-state index contributed by atoms with van der Waals surface area (Å²) in [6.07, 6.45) is -4.11. The topological polar surface area (TPSA) is 35.9 Å². The van der Waals surface area contributed by atoms with Crippen LogP contribution in [0.4, 0.5) is 33.3 Å². The van der Waals surface area contributed by atoms with Crippen LogP contribution in [0.1, 0.15) is 30.9 Å². The second kappa shape index (κ2) is 8.74. The molecule has 0 amide bonds. The Morgan fingerprint density at radius 3 is 2.22 bits per heavy atom. The molecule has 3 aromatic rings. The number of halogens is 5. The highest BCUT2D eigenvalue weighted by atomic mass is 19.4. The number of aliphatic hydroxyl groups is 1. The Bertz CT molecular complexity index is 1260. The summed E-state index contributed by atoms with van der Waals surface area (Å²) in [5.74, 6) is -0.514. The highest BCUT2D eigenvalue weighted by molar-refractivity contribution is 5.71. The van der Waals surface area contributed by atoms with Gasteiger partial charge in [0.2, 0.25) is 0 Å². The maximum atomic E-state index is 14.1. The van der Waals surface area contributed by atoms with Crippen molar-refractivity contribution in [2.24, 2.45) is 0 Å². The number of hydrogen-bond acceptors (Lipinski definition) is 4. The molecule has 0 aliphatic carbocycles. The first-order valence-electron chi connectivity index (χ1n) is 11.6. The van der Waals surface area contributed by atoms with Crippen LogP contribution in [0, 0.1) is 11.6 Å². The van der Waals surface area contributed by atoms with Crippen molar-refractivity contribution in [1.82, 2.24) is 4.90 Å². The fourth-order valence-corrected chi connectivity index (χ4v) is 5.08. The molecule has 2 heterocycles. The molecule has 1 saturated heterocycles. The van der Waals surface area contributed by atoms with Crippen LogP contribution in [0.25, 0.3) is 0 Å². The Labute approximate surface area is 205 Å². The van der Waals surface area contributed by atoms with Crippen LogP contribution in [0.3, 0.4) is 0 Å². The first-order valence-corrected chi connectivity index (χ1v) is 11.6. The number of ether oxygens (including phenoxy) is 1. The molecule has 5 rings (SSSR count). The molecule has 2 aliphatic heterocycles. The number of piperidine rings is 1. The van der Waals surface area contributed by atoms with Crippen LogP contribution in [-0.4, -0.2) is 35.4 Å². The molecule has 0 bridgehead atoms. The van der Waals surface area contributed by atoms with Crippen molar-refractivity contribution in [3.05, 3.63) is 89.5 Å². The number of alkyl halides is 3.